The van der Waals surface area contributed by atoms with Crippen molar-refractivity contribution in [3.8, 4) is 6.07 Å². The van der Waals surface area contributed by atoms with Gasteiger partial charge in [0.1, 0.15) is 11.6 Å². The number of carbonyl (C=O) groups excluding carboxylic acids is 1. The molecular formula is C14H15N3O2. The Morgan fingerprint density at radius 1 is 1.32 bits per heavy atom. The molecule has 0 radical (unpaired) electrons. The lowest BCUT2D eigenvalue weighted by molar-refractivity contribution is -0.123. The Labute approximate surface area is 112 Å². The van der Waals surface area contributed by atoms with Gasteiger partial charge in [-0.25, -0.2) is 5.01 Å². The summed E-state index contributed by atoms with van der Waals surface area (Å²) in [5.41, 5.74) is 3.64. The van der Waals surface area contributed by atoms with E-state index in [1.807, 2.05) is 36.4 Å². The minimum absolute atomic E-state index is 0.0951. The Kier molecular flexibility index (Phi) is 4.67. The standard InChI is InChI=1S/C14H15N3O2/c15-11-13(10-12-4-2-1-3-5-12)14(18)16-17-6-8-19-9-7-17/h1-5,10H,6-9H2,(H,16,18)/b13-10+. The van der Waals surface area contributed by atoms with E-state index in [1.165, 1.54) is 0 Å². The van der Waals surface area contributed by atoms with Gasteiger partial charge in [-0.2, -0.15) is 5.26 Å². The lowest BCUT2D eigenvalue weighted by Crippen LogP contribution is -2.48. The monoisotopic (exact) mass is 257 g/mol. The van der Waals surface area contributed by atoms with Crippen LogP contribution in [0.25, 0.3) is 6.08 Å². The third kappa shape index (κ3) is 3.91. The zero-order valence-corrected chi connectivity index (χ0v) is 10.5. The van der Waals surface area contributed by atoms with Crippen LogP contribution in [-0.2, 0) is 9.53 Å². The molecule has 98 valence electrons. The van der Waals surface area contributed by atoms with Gasteiger partial charge in [-0.05, 0) is 11.6 Å². The van der Waals surface area contributed by atoms with Gasteiger partial charge in [-0.1, -0.05) is 30.3 Å². The van der Waals surface area contributed by atoms with E-state index >= 15 is 0 Å². The number of carbonyl (C=O) groups is 1. The van der Waals surface area contributed by atoms with Gasteiger partial charge in [0.25, 0.3) is 5.91 Å². The molecule has 1 saturated heterocycles. The molecule has 1 amide bonds. The molecule has 2 rings (SSSR count). The predicted octanol–water partition coefficient (Wildman–Crippen LogP) is 0.957. The largest absolute Gasteiger partial charge is 0.379 e. The second-order valence-electron chi connectivity index (χ2n) is 4.12. The molecule has 0 spiro atoms. The van der Waals surface area contributed by atoms with Crippen molar-refractivity contribution < 1.29 is 9.53 Å². The molecule has 0 saturated carbocycles. The fourth-order valence-corrected chi connectivity index (χ4v) is 1.74. The second-order valence-corrected chi connectivity index (χ2v) is 4.12. The number of hydrazine groups is 1. The number of amides is 1. The van der Waals surface area contributed by atoms with Gasteiger partial charge in [0.2, 0.25) is 0 Å². The topological polar surface area (TPSA) is 65.4 Å². The zero-order chi connectivity index (χ0) is 13.5. The molecule has 1 aliphatic heterocycles. The third-order valence-corrected chi connectivity index (χ3v) is 2.75. The Hall–Kier alpha value is -2.16. The molecule has 0 aromatic heterocycles. The molecule has 0 bridgehead atoms. The van der Waals surface area contributed by atoms with Gasteiger partial charge in [-0.15, -0.1) is 0 Å². The number of morpholine rings is 1. The summed E-state index contributed by atoms with van der Waals surface area (Å²) in [4.78, 5) is 12.0. The quantitative estimate of drug-likeness (QED) is 0.647. The minimum Gasteiger partial charge on any atom is -0.379 e. The van der Waals surface area contributed by atoms with E-state index in [4.69, 9.17) is 10.00 Å². The Morgan fingerprint density at radius 2 is 2.00 bits per heavy atom. The van der Waals surface area contributed by atoms with Crippen LogP contribution in [0.3, 0.4) is 0 Å². The number of rotatable bonds is 3. The number of hydrogen-bond acceptors (Lipinski definition) is 4. The maximum absolute atomic E-state index is 12.0. The summed E-state index contributed by atoms with van der Waals surface area (Å²) in [7, 11) is 0. The summed E-state index contributed by atoms with van der Waals surface area (Å²) >= 11 is 0. The number of hydrogen-bond donors (Lipinski definition) is 1. The van der Waals surface area contributed by atoms with E-state index in [-0.39, 0.29) is 11.5 Å². The van der Waals surface area contributed by atoms with Crippen molar-refractivity contribution >= 4 is 12.0 Å². The average Bonchev–Trinajstić information content (AvgIpc) is 2.47. The molecule has 19 heavy (non-hydrogen) atoms. The highest BCUT2D eigenvalue weighted by atomic mass is 16.5. The lowest BCUT2D eigenvalue weighted by atomic mass is 10.1. The lowest BCUT2D eigenvalue weighted by Gasteiger charge is -2.26. The van der Waals surface area contributed by atoms with Crippen LogP contribution in [0.15, 0.2) is 35.9 Å². The maximum Gasteiger partial charge on any atom is 0.276 e. The molecule has 1 heterocycles. The van der Waals surface area contributed by atoms with Gasteiger partial charge >= 0.3 is 0 Å². The first kappa shape index (κ1) is 13.3. The van der Waals surface area contributed by atoms with Crippen LogP contribution < -0.4 is 5.43 Å². The smallest absolute Gasteiger partial charge is 0.276 e. The van der Waals surface area contributed by atoms with Gasteiger partial charge in [-0.3, -0.25) is 10.2 Å². The number of benzene rings is 1. The first-order valence-electron chi connectivity index (χ1n) is 6.10. The van der Waals surface area contributed by atoms with Crippen LogP contribution in [0.4, 0.5) is 0 Å². The summed E-state index contributed by atoms with van der Waals surface area (Å²) < 4.78 is 5.19. The first-order valence-corrected chi connectivity index (χ1v) is 6.10. The van der Waals surface area contributed by atoms with Crippen molar-refractivity contribution in [2.75, 3.05) is 26.3 Å². The number of ether oxygens (including phenoxy) is 1. The van der Waals surface area contributed by atoms with Gasteiger partial charge < -0.3 is 4.74 Å². The summed E-state index contributed by atoms with van der Waals surface area (Å²) in [5, 5.41) is 10.8. The Balaban J connectivity index is 2.03. The maximum atomic E-state index is 12.0. The van der Waals surface area contributed by atoms with Crippen LogP contribution in [0.2, 0.25) is 0 Å². The van der Waals surface area contributed by atoms with Crippen molar-refractivity contribution in [1.29, 1.82) is 5.26 Å². The van der Waals surface area contributed by atoms with Crippen molar-refractivity contribution in [2.45, 2.75) is 0 Å². The first-order chi connectivity index (χ1) is 9.29. The number of nitrogens with one attached hydrogen (secondary N) is 1. The fourth-order valence-electron chi connectivity index (χ4n) is 1.74. The molecule has 5 heteroatoms. The average molecular weight is 257 g/mol. The zero-order valence-electron chi connectivity index (χ0n) is 10.5. The highest BCUT2D eigenvalue weighted by molar-refractivity contribution is 6.01. The fraction of sp³-hybridized carbons (Fsp3) is 0.286. The van der Waals surface area contributed by atoms with Crippen LogP contribution in [0.1, 0.15) is 5.56 Å². The van der Waals surface area contributed by atoms with E-state index in [0.29, 0.717) is 26.3 Å². The molecule has 0 aliphatic carbocycles. The molecule has 1 aliphatic rings. The molecule has 1 N–H and O–H groups in total. The Morgan fingerprint density at radius 3 is 2.63 bits per heavy atom. The minimum atomic E-state index is -0.381. The van der Waals surface area contributed by atoms with Crippen molar-refractivity contribution in [3.63, 3.8) is 0 Å². The van der Waals surface area contributed by atoms with Crippen molar-refractivity contribution in [2.24, 2.45) is 0 Å². The van der Waals surface area contributed by atoms with Gasteiger partial charge in [0.05, 0.1) is 13.2 Å². The second kappa shape index (κ2) is 6.69. The van der Waals surface area contributed by atoms with Crippen LogP contribution in [-0.4, -0.2) is 37.2 Å². The predicted molar refractivity (Wildman–Crippen MR) is 70.6 cm³/mol. The molecular weight excluding hydrogens is 242 g/mol. The summed E-state index contributed by atoms with van der Waals surface area (Å²) in [6.07, 6.45) is 1.58. The number of nitriles is 1. The van der Waals surface area contributed by atoms with Crippen LogP contribution in [0, 0.1) is 11.3 Å². The van der Waals surface area contributed by atoms with Gasteiger partial charge in [0, 0.05) is 13.1 Å². The molecule has 1 fully saturated rings. The van der Waals surface area contributed by atoms with Crippen molar-refractivity contribution in [1.82, 2.24) is 10.4 Å². The molecule has 1 aromatic carbocycles. The SMILES string of the molecule is N#C/C(=C\c1ccccc1)C(=O)NN1CCOCC1. The summed E-state index contributed by atoms with van der Waals surface area (Å²) in [6, 6.07) is 11.2. The highest BCUT2D eigenvalue weighted by Crippen LogP contribution is 2.06. The molecule has 1 aromatic rings. The van der Waals surface area contributed by atoms with Crippen LogP contribution in [0.5, 0.6) is 0 Å². The summed E-state index contributed by atoms with van der Waals surface area (Å²) in [5.74, 6) is -0.381. The van der Waals surface area contributed by atoms with Crippen molar-refractivity contribution in [3.05, 3.63) is 41.5 Å². The van der Waals surface area contributed by atoms with E-state index in [0.717, 1.165) is 5.56 Å². The number of nitrogens with zero attached hydrogens (tertiary/aromatic N) is 2. The van der Waals surface area contributed by atoms with Gasteiger partial charge in [0.15, 0.2) is 0 Å². The molecule has 0 unspecified atom stereocenters. The highest BCUT2D eigenvalue weighted by Gasteiger charge is 2.15. The molecule has 0 atom stereocenters. The molecule has 5 nitrogen and oxygen atoms in total. The van der Waals surface area contributed by atoms with E-state index in [2.05, 4.69) is 5.43 Å². The van der Waals surface area contributed by atoms with E-state index < -0.39 is 0 Å². The van der Waals surface area contributed by atoms with E-state index in [9.17, 15) is 4.79 Å². The summed E-state index contributed by atoms with van der Waals surface area (Å²) in [6.45, 7) is 2.45. The normalized spacial score (nSPS) is 16.7. The van der Waals surface area contributed by atoms with E-state index in [1.54, 1.807) is 11.1 Å². The Bertz CT molecular complexity index is 499. The van der Waals surface area contributed by atoms with Crippen LogP contribution >= 0.6 is 0 Å². The third-order valence-electron chi connectivity index (χ3n) is 2.75.